The number of carbonyl (C=O) groups excluding carboxylic acids is 2. The van der Waals surface area contributed by atoms with E-state index in [2.05, 4.69) is 5.32 Å². The van der Waals surface area contributed by atoms with Gasteiger partial charge in [-0.2, -0.15) is 0 Å². The molecule has 5 nitrogen and oxygen atoms in total. The molecule has 2 aromatic carbocycles. The monoisotopic (exact) mass is 446 g/mol. The first-order valence-corrected chi connectivity index (χ1v) is 10.4. The van der Waals surface area contributed by atoms with Crippen LogP contribution in [-0.4, -0.2) is 30.3 Å². The Hall–Kier alpha value is -2.54. The van der Waals surface area contributed by atoms with Gasteiger partial charge in [0.25, 0.3) is 5.91 Å². The number of para-hydroxylation sites is 2. The number of hydrogen-bond acceptors (Lipinski definition) is 4. The molecule has 0 saturated carbocycles. The van der Waals surface area contributed by atoms with Crippen molar-refractivity contribution in [1.82, 2.24) is 4.90 Å². The topological polar surface area (TPSA) is 58.6 Å². The minimum Gasteiger partial charge on any atom is -0.488 e. The summed E-state index contributed by atoms with van der Waals surface area (Å²) in [5.41, 5.74) is 2.28. The summed E-state index contributed by atoms with van der Waals surface area (Å²) in [6.07, 6.45) is 0. The third-order valence-electron chi connectivity index (χ3n) is 4.49. The molecule has 4 rings (SSSR count). The van der Waals surface area contributed by atoms with E-state index >= 15 is 0 Å². The van der Waals surface area contributed by atoms with Gasteiger partial charge in [0.15, 0.2) is 0 Å². The van der Waals surface area contributed by atoms with Crippen molar-refractivity contribution in [3.05, 3.63) is 69.0 Å². The van der Waals surface area contributed by atoms with Crippen LogP contribution in [0.1, 0.15) is 15.2 Å². The fourth-order valence-electron chi connectivity index (χ4n) is 3.08. The van der Waals surface area contributed by atoms with Crippen LogP contribution in [0.3, 0.4) is 0 Å². The number of fused-ring (bicyclic) bond motifs is 3. The van der Waals surface area contributed by atoms with Crippen LogP contribution < -0.4 is 10.1 Å². The molecule has 8 heteroatoms. The van der Waals surface area contributed by atoms with Gasteiger partial charge in [-0.25, -0.2) is 0 Å². The summed E-state index contributed by atoms with van der Waals surface area (Å²) in [7, 11) is 1.58. The predicted molar refractivity (Wildman–Crippen MR) is 116 cm³/mol. The molecular weight excluding hydrogens is 431 g/mol. The number of benzene rings is 2. The predicted octanol–water partition coefficient (Wildman–Crippen LogP) is 5.33. The minimum atomic E-state index is -0.383. The van der Waals surface area contributed by atoms with E-state index in [4.69, 9.17) is 27.9 Å². The van der Waals surface area contributed by atoms with Gasteiger partial charge in [0.05, 0.1) is 27.2 Å². The fourth-order valence-corrected chi connectivity index (χ4v) is 4.76. The molecule has 0 radical (unpaired) electrons. The average Bonchev–Trinajstić information content (AvgIpc) is 3.15. The highest BCUT2D eigenvalue weighted by molar-refractivity contribution is 7.17. The zero-order chi connectivity index (χ0) is 20.5. The molecule has 29 heavy (non-hydrogen) atoms. The van der Waals surface area contributed by atoms with Crippen LogP contribution in [0.15, 0.2) is 48.5 Å². The normalized spacial score (nSPS) is 11.8. The maximum atomic E-state index is 12.9. The number of rotatable bonds is 4. The lowest BCUT2D eigenvalue weighted by Gasteiger charge is -2.16. The zero-order valence-corrected chi connectivity index (χ0v) is 17.7. The molecule has 0 aliphatic carbocycles. The molecule has 0 atom stereocenters. The van der Waals surface area contributed by atoms with E-state index in [0.717, 1.165) is 21.8 Å². The largest absolute Gasteiger partial charge is 0.488 e. The minimum absolute atomic E-state index is 0.129. The van der Waals surface area contributed by atoms with Crippen LogP contribution in [0.4, 0.5) is 5.69 Å². The van der Waals surface area contributed by atoms with Gasteiger partial charge in [-0.1, -0.05) is 41.4 Å². The van der Waals surface area contributed by atoms with E-state index in [1.165, 1.54) is 16.2 Å². The maximum absolute atomic E-state index is 12.9. The smallest absolute Gasteiger partial charge is 0.264 e. The number of hydrogen-bond donors (Lipinski definition) is 1. The SMILES string of the molecule is CN(CC(=O)Nc1c(Cl)cccc1Cl)C(=O)c1cc2c(s1)-c1ccccc1OC2. The highest BCUT2D eigenvalue weighted by Crippen LogP contribution is 2.42. The quantitative estimate of drug-likeness (QED) is 0.589. The van der Waals surface area contributed by atoms with Crippen molar-refractivity contribution in [2.75, 3.05) is 18.9 Å². The lowest BCUT2D eigenvalue weighted by atomic mass is 10.1. The Morgan fingerprint density at radius 3 is 2.62 bits per heavy atom. The molecule has 1 aromatic heterocycles. The van der Waals surface area contributed by atoms with E-state index < -0.39 is 0 Å². The first-order valence-electron chi connectivity index (χ1n) is 8.78. The van der Waals surface area contributed by atoms with E-state index in [1.807, 2.05) is 30.3 Å². The van der Waals surface area contributed by atoms with Crippen LogP contribution >= 0.6 is 34.5 Å². The van der Waals surface area contributed by atoms with Gasteiger partial charge in [-0.15, -0.1) is 11.3 Å². The second-order valence-electron chi connectivity index (χ2n) is 6.56. The van der Waals surface area contributed by atoms with E-state index in [-0.39, 0.29) is 18.4 Å². The average molecular weight is 447 g/mol. The summed E-state index contributed by atoms with van der Waals surface area (Å²) < 4.78 is 5.75. The van der Waals surface area contributed by atoms with Crippen molar-refractivity contribution in [3.8, 4) is 16.2 Å². The third kappa shape index (κ3) is 3.96. The molecule has 2 heterocycles. The number of nitrogens with zero attached hydrogens (tertiary/aromatic N) is 1. The molecule has 1 N–H and O–H groups in total. The number of anilines is 1. The van der Waals surface area contributed by atoms with Crippen LogP contribution in [0.25, 0.3) is 10.4 Å². The van der Waals surface area contributed by atoms with Crippen LogP contribution in [0, 0.1) is 0 Å². The van der Waals surface area contributed by atoms with Gasteiger partial charge >= 0.3 is 0 Å². The summed E-state index contributed by atoms with van der Waals surface area (Å²) >= 11 is 13.6. The Labute approximate surface area is 181 Å². The molecule has 0 unspecified atom stereocenters. The molecule has 0 bridgehead atoms. The van der Waals surface area contributed by atoms with Crippen molar-refractivity contribution in [2.45, 2.75) is 6.61 Å². The lowest BCUT2D eigenvalue weighted by Crippen LogP contribution is -2.34. The first kappa shape index (κ1) is 19.8. The van der Waals surface area contributed by atoms with Crippen LogP contribution in [0.5, 0.6) is 5.75 Å². The Bertz CT molecular complexity index is 1090. The number of ether oxygens (including phenoxy) is 1. The van der Waals surface area contributed by atoms with Gasteiger partial charge in [0.1, 0.15) is 12.4 Å². The van der Waals surface area contributed by atoms with Crippen molar-refractivity contribution in [2.24, 2.45) is 0 Å². The van der Waals surface area contributed by atoms with E-state index in [9.17, 15) is 9.59 Å². The van der Waals surface area contributed by atoms with Crippen molar-refractivity contribution < 1.29 is 14.3 Å². The number of halogens is 2. The van der Waals surface area contributed by atoms with Crippen molar-refractivity contribution in [3.63, 3.8) is 0 Å². The Morgan fingerprint density at radius 1 is 1.14 bits per heavy atom. The molecule has 0 saturated heterocycles. The van der Waals surface area contributed by atoms with Gasteiger partial charge in [0, 0.05) is 23.1 Å². The molecule has 1 aliphatic rings. The third-order valence-corrected chi connectivity index (χ3v) is 6.32. The van der Waals surface area contributed by atoms with Crippen LogP contribution in [-0.2, 0) is 11.4 Å². The number of nitrogens with one attached hydrogen (secondary N) is 1. The Morgan fingerprint density at radius 2 is 1.86 bits per heavy atom. The molecule has 2 amide bonds. The number of amides is 2. The zero-order valence-electron chi connectivity index (χ0n) is 15.4. The Balaban J connectivity index is 1.48. The summed E-state index contributed by atoms with van der Waals surface area (Å²) in [5.74, 6) is 0.193. The van der Waals surface area contributed by atoms with Crippen molar-refractivity contribution in [1.29, 1.82) is 0 Å². The molecule has 148 valence electrons. The van der Waals surface area contributed by atoms with Gasteiger partial charge < -0.3 is 15.0 Å². The highest BCUT2D eigenvalue weighted by Gasteiger charge is 2.24. The van der Waals surface area contributed by atoms with Gasteiger partial charge in [-0.05, 0) is 30.3 Å². The number of thiophene rings is 1. The maximum Gasteiger partial charge on any atom is 0.264 e. The first-order chi connectivity index (χ1) is 13.9. The highest BCUT2D eigenvalue weighted by atomic mass is 35.5. The molecule has 3 aromatic rings. The summed E-state index contributed by atoms with van der Waals surface area (Å²) in [6.45, 7) is 0.293. The van der Waals surface area contributed by atoms with Crippen LogP contribution in [0.2, 0.25) is 10.0 Å². The lowest BCUT2D eigenvalue weighted by molar-refractivity contribution is -0.116. The molecule has 0 fully saturated rings. The number of likely N-dealkylation sites (N-methyl/N-ethyl adjacent to an activating group) is 1. The summed E-state index contributed by atoms with van der Waals surface area (Å²) in [6, 6.07) is 14.5. The summed E-state index contributed by atoms with van der Waals surface area (Å²) in [4.78, 5) is 28.2. The van der Waals surface area contributed by atoms with Gasteiger partial charge in [-0.3, -0.25) is 9.59 Å². The molecular formula is C21H16Cl2N2O3S. The van der Waals surface area contributed by atoms with Gasteiger partial charge in [0.2, 0.25) is 5.91 Å². The summed E-state index contributed by atoms with van der Waals surface area (Å²) in [5, 5.41) is 3.34. The molecule has 1 aliphatic heterocycles. The fraction of sp³-hybridized carbons (Fsp3) is 0.143. The molecule has 0 spiro atoms. The standard InChI is InChI=1S/C21H16Cl2N2O3S/c1-25(10-18(26)24-19-14(22)6-4-7-15(19)23)21(27)17-9-12-11-28-16-8-3-2-5-13(16)20(12)29-17/h2-9H,10-11H2,1H3,(H,24,26). The number of carbonyl (C=O) groups is 2. The van der Waals surface area contributed by atoms with E-state index in [0.29, 0.717) is 27.2 Å². The second kappa shape index (κ2) is 8.06. The van der Waals surface area contributed by atoms with E-state index in [1.54, 1.807) is 25.2 Å². The Kier molecular flexibility index (Phi) is 5.50. The second-order valence-corrected chi connectivity index (χ2v) is 8.42. The van der Waals surface area contributed by atoms with Crippen molar-refractivity contribution >= 4 is 52.0 Å².